The zero-order valence-corrected chi connectivity index (χ0v) is 18.2. The topological polar surface area (TPSA) is 3.24 Å². The van der Waals surface area contributed by atoms with Gasteiger partial charge in [0.15, 0.2) is 0 Å². The van der Waals surface area contributed by atoms with Crippen LogP contribution in [0.3, 0.4) is 0 Å². The fourth-order valence-electron chi connectivity index (χ4n) is 4.61. The van der Waals surface area contributed by atoms with E-state index in [-0.39, 0.29) is 0 Å². The van der Waals surface area contributed by atoms with Crippen molar-refractivity contribution >= 4 is 38.6 Å². The standard InChI is InChI=1S/C32H23N/c1-3-13-28(14-4-1)33(29-15-5-2-6-16-29)30-20-18-24(19-21-30)31-17-9-12-27-22-25-10-7-8-11-26(25)23-32(27)31/h1-23H. The molecular formula is C32H23N. The predicted molar refractivity (Wildman–Crippen MR) is 142 cm³/mol. The van der Waals surface area contributed by atoms with Crippen LogP contribution in [0.15, 0.2) is 140 Å². The summed E-state index contributed by atoms with van der Waals surface area (Å²) in [6, 6.07) is 49.7. The van der Waals surface area contributed by atoms with Crippen molar-refractivity contribution in [2.24, 2.45) is 0 Å². The fourth-order valence-corrected chi connectivity index (χ4v) is 4.61. The third kappa shape index (κ3) is 3.64. The third-order valence-corrected chi connectivity index (χ3v) is 6.21. The van der Waals surface area contributed by atoms with Gasteiger partial charge in [-0.25, -0.2) is 0 Å². The Morgan fingerprint density at radius 2 is 0.879 bits per heavy atom. The first-order valence-electron chi connectivity index (χ1n) is 11.3. The van der Waals surface area contributed by atoms with Crippen LogP contribution in [-0.4, -0.2) is 0 Å². The van der Waals surface area contributed by atoms with E-state index < -0.39 is 0 Å². The van der Waals surface area contributed by atoms with Gasteiger partial charge in [-0.3, -0.25) is 0 Å². The Labute approximate surface area is 194 Å². The summed E-state index contributed by atoms with van der Waals surface area (Å²) in [5, 5.41) is 5.10. The van der Waals surface area contributed by atoms with Crippen molar-refractivity contribution in [3.05, 3.63) is 140 Å². The highest BCUT2D eigenvalue weighted by Crippen LogP contribution is 2.37. The number of benzene rings is 6. The molecule has 0 radical (unpaired) electrons. The SMILES string of the molecule is c1ccc(N(c2ccccc2)c2ccc(-c3cccc4cc5ccccc5cc34)cc2)cc1. The van der Waals surface area contributed by atoms with E-state index in [0.717, 1.165) is 17.1 Å². The lowest BCUT2D eigenvalue weighted by atomic mass is 9.95. The average Bonchev–Trinajstić information content (AvgIpc) is 2.89. The summed E-state index contributed by atoms with van der Waals surface area (Å²) in [4.78, 5) is 2.29. The lowest BCUT2D eigenvalue weighted by molar-refractivity contribution is 1.28. The Bertz CT molecular complexity index is 1500. The molecule has 0 saturated carbocycles. The van der Waals surface area contributed by atoms with Crippen LogP contribution in [0, 0.1) is 0 Å². The molecule has 6 aromatic carbocycles. The molecule has 0 unspecified atom stereocenters. The molecular weight excluding hydrogens is 398 g/mol. The van der Waals surface area contributed by atoms with Gasteiger partial charge in [-0.05, 0) is 81.2 Å². The Morgan fingerprint density at radius 1 is 0.364 bits per heavy atom. The van der Waals surface area contributed by atoms with E-state index in [4.69, 9.17) is 0 Å². The monoisotopic (exact) mass is 421 g/mol. The fraction of sp³-hybridized carbons (Fsp3) is 0. The molecule has 0 aliphatic heterocycles. The molecule has 0 aliphatic rings. The number of hydrogen-bond acceptors (Lipinski definition) is 1. The minimum absolute atomic E-state index is 1.14. The molecule has 0 amide bonds. The summed E-state index contributed by atoms with van der Waals surface area (Å²) in [6.45, 7) is 0. The molecule has 0 fully saturated rings. The number of nitrogens with zero attached hydrogens (tertiary/aromatic N) is 1. The molecule has 6 rings (SSSR count). The zero-order chi connectivity index (χ0) is 22.0. The normalized spacial score (nSPS) is 11.0. The molecule has 0 bridgehead atoms. The Morgan fingerprint density at radius 3 is 1.52 bits per heavy atom. The highest BCUT2D eigenvalue weighted by Gasteiger charge is 2.12. The van der Waals surface area contributed by atoms with Crippen molar-refractivity contribution in [3.63, 3.8) is 0 Å². The number of anilines is 3. The van der Waals surface area contributed by atoms with Crippen LogP contribution in [0.5, 0.6) is 0 Å². The van der Waals surface area contributed by atoms with Gasteiger partial charge in [0.05, 0.1) is 0 Å². The van der Waals surface area contributed by atoms with Gasteiger partial charge in [0.1, 0.15) is 0 Å². The number of hydrogen-bond donors (Lipinski definition) is 0. The summed E-state index contributed by atoms with van der Waals surface area (Å²) >= 11 is 0. The van der Waals surface area contributed by atoms with E-state index in [9.17, 15) is 0 Å². The molecule has 0 heterocycles. The van der Waals surface area contributed by atoms with Crippen LogP contribution in [0.25, 0.3) is 32.7 Å². The maximum absolute atomic E-state index is 2.31. The first-order chi connectivity index (χ1) is 16.4. The highest BCUT2D eigenvalue weighted by atomic mass is 15.1. The average molecular weight is 422 g/mol. The van der Waals surface area contributed by atoms with Crippen LogP contribution in [0.4, 0.5) is 17.1 Å². The van der Waals surface area contributed by atoms with Gasteiger partial charge in [0, 0.05) is 17.1 Å². The van der Waals surface area contributed by atoms with Gasteiger partial charge < -0.3 is 4.90 Å². The van der Waals surface area contributed by atoms with Crippen LogP contribution in [0.1, 0.15) is 0 Å². The van der Waals surface area contributed by atoms with Crippen molar-refractivity contribution in [1.29, 1.82) is 0 Å². The van der Waals surface area contributed by atoms with Crippen molar-refractivity contribution in [1.82, 2.24) is 0 Å². The minimum Gasteiger partial charge on any atom is -0.311 e. The predicted octanol–water partition coefficient (Wildman–Crippen LogP) is 9.13. The molecule has 0 aromatic heterocycles. The largest absolute Gasteiger partial charge is 0.311 e. The molecule has 1 heteroatoms. The zero-order valence-electron chi connectivity index (χ0n) is 18.2. The maximum Gasteiger partial charge on any atom is 0.0462 e. The summed E-state index contributed by atoms with van der Waals surface area (Å²) in [6.07, 6.45) is 0. The third-order valence-electron chi connectivity index (χ3n) is 6.21. The molecule has 0 saturated heterocycles. The number of para-hydroxylation sites is 2. The van der Waals surface area contributed by atoms with E-state index >= 15 is 0 Å². The second-order valence-electron chi connectivity index (χ2n) is 8.28. The summed E-state index contributed by atoms with van der Waals surface area (Å²) in [5.41, 5.74) is 5.92. The Balaban J connectivity index is 1.45. The van der Waals surface area contributed by atoms with Crippen molar-refractivity contribution < 1.29 is 0 Å². The van der Waals surface area contributed by atoms with Gasteiger partial charge in [0.2, 0.25) is 0 Å². The van der Waals surface area contributed by atoms with Crippen molar-refractivity contribution in [2.45, 2.75) is 0 Å². The molecule has 1 nitrogen and oxygen atoms in total. The molecule has 0 aliphatic carbocycles. The summed E-state index contributed by atoms with van der Waals surface area (Å²) in [5.74, 6) is 0. The lowest BCUT2D eigenvalue weighted by Gasteiger charge is -2.25. The minimum atomic E-state index is 1.14. The quantitative estimate of drug-likeness (QED) is 0.256. The van der Waals surface area contributed by atoms with E-state index in [1.165, 1.54) is 32.7 Å². The van der Waals surface area contributed by atoms with Gasteiger partial charge >= 0.3 is 0 Å². The van der Waals surface area contributed by atoms with Gasteiger partial charge in [-0.2, -0.15) is 0 Å². The van der Waals surface area contributed by atoms with Gasteiger partial charge in [0.25, 0.3) is 0 Å². The van der Waals surface area contributed by atoms with Crippen LogP contribution < -0.4 is 4.90 Å². The molecule has 0 atom stereocenters. The van der Waals surface area contributed by atoms with Gasteiger partial charge in [-0.1, -0.05) is 91.0 Å². The first kappa shape index (κ1) is 19.3. The smallest absolute Gasteiger partial charge is 0.0462 e. The van der Waals surface area contributed by atoms with Crippen LogP contribution in [0.2, 0.25) is 0 Å². The molecule has 6 aromatic rings. The Kier molecular flexibility index (Phi) is 4.86. The van der Waals surface area contributed by atoms with E-state index in [1.54, 1.807) is 0 Å². The number of rotatable bonds is 4. The van der Waals surface area contributed by atoms with Crippen molar-refractivity contribution in [2.75, 3.05) is 4.90 Å². The second kappa shape index (κ2) is 8.29. The molecule has 156 valence electrons. The highest BCUT2D eigenvalue weighted by molar-refractivity contribution is 6.05. The van der Waals surface area contributed by atoms with Gasteiger partial charge in [-0.15, -0.1) is 0 Å². The summed E-state index contributed by atoms with van der Waals surface area (Å²) < 4.78 is 0. The molecule has 33 heavy (non-hydrogen) atoms. The van der Waals surface area contributed by atoms with Crippen molar-refractivity contribution in [3.8, 4) is 11.1 Å². The summed E-state index contributed by atoms with van der Waals surface area (Å²) in [7, 11) is 0. The molecule has 0 N–H and O–H groups in total. The Hall–Kier alpha value is -4.36. The van der Waals surface area contributed by atoms with E-state index in [2.05, 4.69) is 144 Å². The second-order valence-corrected chi connectivity index (χ2v) is 8.28. The molecule has 0 spiro atoms. The van der Waals surface area contributed by atoms with Crippen LogP contribution >= 0.6 is 0 Å². The van der Waals surface area contributed by atoms with E-state index in [0.29, 0.717) is 0 Å². The lowest BCUT2D eigenvalue weighted by Crippen LogP contribution is -2.09. The van der Waals surface area contributed by atoms with Crippen LogP contribution in [-0.2, 0) is 0 Å². The van der Waals surface area contributed by atoms with E-state index in [1.807, 2.05) is 0 Å². The maximum atomic E-state index is 2.31. The first-order valence-corrected chi connectivity index (χ1v) is 11.3. The number of fused-ring (bicyclic) bond motifs is 2.